The van der Waals surface area contributed by atoms with Gasteiger partial charge in [0, 0.05) is 37.6 Å². The standard InChI is InChI=1S/C23H18N4O3S2/c1-27-14-17-4-7-19(11-20(17)26-27)32(29,30)18-5-2-15(3-6-18)12-25-23(28)21-10-16-8-9-24-13-22(16)31-21/h2-11,13-14H,12H2,1H3,(H,25,28). The summed E-state index contributed by atoms with van der Waals surface area (Å²) in [5.74, 6) is -0.174. The smallest absolute Gasteiger partial charge is 0.261 e. The topological polar surface area (TPSA) is 94.0 Å². The van der Waals surface area contributed by atoms with Gasteiger partial charge in [-0.15, -0.1) is 11.3 Å². The van der Waals surface area contributed by atoms with Crippen LogP contribution < -0.4 is 5.32 Å². The van der Waals surface area contributed by atoms with Gasteiger partial charge >= 0.3 is 0 Å². The average Bonchev–Trinajstić information content (AvgIpc) is 3.39. The molecule has 0 aliphatic heterocycles. The normalized spacial score (nSPS) is 11.8. The lowest BCUT2D eigenvalue weighted by Gasteiger charge is -2.07. The van der Waals surface area contributed by atoms with E-state index < -0.39 is 9.84 Å². The Labute approximate surface area is 188 Å². The predicted octanol–water partition coefficient (Wildman–Crippen LogP) is 3.95. The number of benzene rings is 2. The van der Waals surface area contributed by atoms with Crippen LogP contribution >= 0.6 is 11.3 Å². The molecule has 0 aliphatic carbocycles. The van der Waals surface area contributed by atoms with E-state index in [1.54, 1.807) is 66.6 Å². The molecule has 2 aromatic carbocycles. The van der Waals surface area contributed by atoms with Gasteiger partial charge in [0.25, 0.3) is 5.91 Å². The van der Waals surface area contributed by atoms with E-state index in [9.17, 15) is 13.2 Å². The predicted molar refractivity (Wildman–Crippen MR) is 123 cm³/mol. The van der Waals surface area contributed by atoms with Crippen molar-refractivity contribution in [2.24, 2.45) is 7.05 Å². The van der Waals surface area contributed by atoms with Crippen LogP contribution in [0, 0.1) is 0 Å². The zero-order valence-electron chi connectivity index (χ0n) is 17.0. The number of nitrogens with zero attached hydrogens (tertiary/aromatic N) is 3. The summed E-state index contributed by atoms with van der Waals surface area (Å²) in [4.78, 5) is 17.6. The second-order valence-corrected chi connectivity index (χ2v) is 10.4. The first-order valence-electron chi connectivity index (χ1n) is 9.79. The third kappa shape index (κ3) is 3.76. The highest BCUT2D eigenvalue weighted by Gasteiger charge is 2.19. The first kappa shape index (κ1) is 20.3. The minimum atomic E-state index is -3.67. The van der Waals surface area contributed by atoms with Crippen LogP contribution in [-0.4, -0.2) is 29.1 Å². The van der Waals surface area contributed by atoms with Crippen molar-refractivity contribution in [1.29, 1.82) is 0 Å². The van der Waals surface area contributed by atoms with Crippen LogP contribution in [0.4, 0.5) is 0 Å². The van der Waals surface area contributed by atoms with Crippen molar-refractivity contribution < 1.29 is 13.2 Å². The molecule has 0 saturated carbocycles. The minimum absolute atomic E-state index is 0.174. The van der Waals surface area contributed by atoms with E-state index in [-0.39, 0.29) is 15.7 Å². The van der Waals surface area contributed by atoms with E-state index in [2.05, 4.69) is 15.4 Å². The zero-order valence-corrected chi connectivity index (χ0v) is 18.7. The molecule has 9 heteroatoms. The number of hydrogen-bond donors (Lipinski definition) is 1. The van der Waals surface area contributed by atoms with Gasteiger partial charge in [0.2, 0.25) is 9.84 Å². The number of nitrogens with one attached hydrogen (secondary N) is 1. The number of thiophene rings is 1. The maximum atomic E-state index is 13.0. The molecule has 7 nitrogen and oxygen atoms in total. The van der Waals surface area contributed by atoms with Gasteiger partial charge in [-0.1, -0.05) is 12.1 Å². The molecule has 3 heterocycles. The summed E-state index contributed by atoms with van der Waals surface area (Å²) in [6.07, 6.45) is 5.27. The summed E-state index contributed by atoms with van der Waals surface area (Å²) in [7, 11) is -1.87. The van der Waals surface area contributed by atoms with Crippen molar-refractivity contribution in [3.8, 4) is 0 Å². The number of pyridine rings is 1. The molecule has 0 unspecified atom stereocenters. The van der Waals surface area contributed by atoms with Gasteiger partial charge in [-0.2, -0.15) is 5.10 Å². The minimum Gasteiger partial charge on any atom is -0.347 e. The highest BCUT2D eigenvalue weighted by atomic mass is 32.2. The van der Waals surface area contributed by atoms with E-state index in [0.717, 1.165) is 21.0 Å². The number of aryl methyl sites for hydroxylation is 1. The second kappa shape index (κ2) is 7.85. The van der Waals surface area contributed by atoms with E-state index in [1.807, 2.05) is 18.3 Å². The van der Waals surface area contributed by atoms with Gasteiger partial charge in [0.05, 0.1) is 24.9 Å². The average molecular weight is 463 g/mol. The van der Waals surface area contributed by atoms with Crippen molar-refractivity contribution in [2.75, 3.05) is 0 Å². The fourth-order valence-corrected chi connectivity index (χ4v) is 5.70. The maximum Gasteiger partial charge on any atom is 0.261 e. The summed E-state index contributed by atoms with van der Waals surface area (Å²) in [6.45, 7) is 0.297. The van der Waals surface area contributed by atoms with Crippen molar-refractivity contribution >= 4 is 48.1 Å². The van der Waals surface area contributed by atoms with Gasteiger partial charge in [-0.05, 0) is 53.4 Å². The number of amides is 1. The summed E-state index contributed by atoms with van der Waals surface area (Å²) >= 11 is 1.39. The lowest BCUT2D eigenvalue weighted by molar-refractivity contribution is 0.0955. The molecule has 0 aliphatic rings. The lowest BCUT2D eigenvalue weighted by Crippen LogP contribution is -2.21. The van der Waals surface area contributed by atoms with Crippen molar-refractivity contribution in [3.05, 3.63) is 83.6 Å². The maximum absolute atomic E-state index is 13.0. The number of sulfone groups is 1. The molecule has 0 spiro atoms. The molecule has 5 rings (SSSR count). The number of aromatic nitrogens is 3. The highest BCUT2D eigenvalue weighted by Crippen LogP contribution is 2.26. The van der Waals surface area contributed by atoms with Crippen LogP contribution in [0.2, 0.25) is 0 Å². The Morgan fingerprint density at radius 2 is 1.81 bits per heavy atom. The highest BCUT2D eigenvalue weighted by molar-refractivity contribution is 7.91. The number of hydrogen-bond acceptors (Lipinski definition) is 6. The van der Waals surface area contributed by atoms with Gasteiger partial charge in [0.1, 0.15) is 0 Å². The van der Waals surface area contributed by atoms with Crippen LogP contribution in [-0.2, 0) is 23.4 Å². The third-order valence-corrected chi connectivity index (χ3v) is 7.99. The monoisotopic (exact) mass is 462 g/mol. The number of rotatable bonds is 5. The second-order valence-electron chi connectivity index (χ2n) is 7.38. The van der Waals surface area contributed by atoms with E-state index in [0.29, 0.717) is 16.9 Å². The molecular formula is C23H18N4O3S2. The molecule has 1 amide bonds. The van der Waals surface area contributed by atoms with Gasteiger partial charge in [-0.3, -0.25) is 14.5 Å². The molecule has 0 fully saturated rings. The Bertz CT molecular complexity index is 1540. The largest absolute Gasteiger partial charge is 0.347 e. The first-order valence-corrected chi connectivity index (χ1v) is 12.1. The Morgan fingerprint density at radius 1 is 1.03 bits per heavy atom. The zero-order chi connectivity index (χ0) is 22.3. The molecule has 1 N–H and O–H groups in total. The van der Waals surface area contributed by atoms with Crippen molar-refractivity contribution in [3.63, 3.8) is 0 Å². The van der Waals surface area contributed by atoms with Crippen LogP contribution in [0.5, 0.6) is 0 Å². The SMILES string of the molecule is Cn1cc2ccc(S(=O)(=O)c3ccc(CNC(=O)c4cc5ccncc5s4)cc3)cc2n1. The van der Waals surface area contributed by atoms with Gasteiger partial charge in [-0.25, -0.2) is 8.42 Å². The Hall–Kier alpha value is -3.56. The lowest BCUT2D eigenvalue weighted by atomic mass is 10.2. The quantitative estimate of drug-likeness (QED) is 0.427. The first-order chi connectivity index (χ1) is 15.4. The fraction of sp³-hybridized carbons (Fsp3) is 0.0870. The van der Waals surface area contributed by atoms with E-state index >= 15 is 0 Å². The fourth-order valence-electron chi connectivity index (χ4n) is 3.47. The number of carbonyl (C=O) groups excluding carboxylic acids is 1. The molecule has 3 aromatic heterocycles. The van der Waals surface area contributed by atoms with E-state index in [1.165, 1.54) is 11.3 Å². The number of fused-ring (bicyclic) bond motifs is 2. The molecule has 160 valence electrons. The van der Waals surface area contributed by atoms with Crippen LogP contribution in [0.15, 0.2) is 83.0 Å². The Kier molecular flexibility index (Phi) is 4.99. The number of carbonyl (C=O) groups is 1. The molecule has 32 heavy (non-hydrogen) atoms. The summed E-state index contributed by atoms with van der Waals surface area (Å²) in [5, 5.41) is 9.03. The van der Waals surface area contributed by atoms with E-state index in [4.69, 9.17) is 0 Å². The summed E-state index contributed by atoms with van der Waals surface area (Å²) < 4.78 is 28.7. The molecule has 0 atom stereocenters. The summed E-state index contributed by atoms with van der Waals surface area (Å²) in [5.41, 5.74) is 1.44. The van der Waals surface area contributed by atoms with Crippen LogP contribution in [0.1, 0.15) is 15.2 Å². The molecule has 5 aromatic rings. The van der Waals surface area contributed by atoms with Crippen molar-refractivity contribution in [2.45, 2.75) is 16.3 Å². The summed E-state index contributed by atoms with van der Waals surface area (Å²) in [6, 6.07) is 15.2. The molecular weight excluding hydrogens is 444 g/mol. The van der Waals surface area contributed by atoms with Gasteiger partial charge in [0.15, 0.2) is 0 Å². The molecule has 0 saturated heterocycles. The van der Waals surface area contributed by atoms with Crippen LogP contribution in [0.25, 0.3) is 21.0 Å². The Balaban J connectivity index is 1.31. The van der Waals surface area contributed by atoms with Gasteiger partial charge < -0.3 is 5.32 Å². The molecule has 0 radical (unpaired) electrons. The van der Waals surface area contributed by atoms with Crippen molar-refractivity contribution in [1.82, 2.24) is 20.1 Å². The van der Waals surface area contributed by atoms with Crippen LogP contribution in [0.3, 0.4) is 0 Å². The Morgan fingerprint density at radius 3 is 2.59 bits per heavy atom. The third-order valence-electron chi connectivity index (χ3n) is 5.14. The molecule has 0 bridgehead atoms.